The molecule has 1 heterocycles. The van der Waals surface area contributed by atoms with Crippen LogP contribution in [0.25, 0.3) is 11.1 Å². The van der Waals surface area contributed by atoms with Crippen LogP contribution in [0, 0.1) is 5.82 Å². The van der Waals surface area contributed by atoms with Crippen molar-refractivity contribution < 1.29 is 35.5 Å². The Balaban J connectivity index is 1.93. The Morgan fingerprint density at radius 3 is 2.08 bits per heavy atom. The maximum absolute atomic E-state index is 13.6. The van der Waals surface area contributed by atoms with Crippen LogP contribution in [0.1, 0.15) is 21.5 Å². The van der Waals surface area contributed by atoms with E-state index in [-0.39, 0.29) is 61.7 Å². The van der Waals surface area contributed by atoms with Gasteiger partial charge < -0.3 is 14.4 Å². The fraction of sp³-hybridized carbons (Fsp3) is 0.240. The molecular formula is C25H23Cl2FN2O7S2. The summed E-state index contributed by atoms with van der Waals surface area (Å²) in [6, 6.07) is 9.49. The lowest BCUT2D eigenvalue weighted by Gasteiger charge is -2.20. The third-order valence-electron chi connectivity index (χ3n) is 6.24. The second-order valence-corrected chi connectivity index (χ2v) is 13.8. The lowest BCUT2D eigenvalue weighted by atomic mass is 9.97. The molecule has 3 aromatic carbocycles. The van der Waals surface area contributed by atoms with Gasteiger partial charge in [0.1, 0.15) is 5.82 Å². The van der Waals surface area contributed by atoms with Gasteiger partial charge in [-0.15, -0.1) is 0 Å². The Hall–Kier alpha value is -2.90. The molecule has 0 N–H and O–H groups in total. The molecule has 0 atom stereocenters. The molecule has 0 bridgehead atoms. The third kappa shape index (κ3) is 5.19. The van der Waals surface area contributed by atoms with Crippen molar-refractivity contribution in [3.05, 3.63) is 70.0 Å². The van der Waals surface area contributed by atoms with Crippen molar-refractivity contribution in [2.75, 3.05) is 28.3 Å². The third-order valence-corrected chi connectivity index (χ3v) is 9.76. The van der Waals surface area contributed by atoms with E-state index in [1.165, 1.54) is 75.7 Å². The lowest BCUT2D eigenvalue weighted by molar-refractivity contribution is 0.0763. The average Bonchev–Trinajstić information content (AvgIpc) is 3.19. The number of carbonyl (C=O) groups excluding carboxylic acids is 1. The number of fused-ring (bicyclic) bond motifs is 1. The Kier molecular flexibility index (Phi) is 7.89. The lowest BCUT2D eigenvalue weighted by Crippen LogP contribution is -2.23. The van der Waals surface area contributed by atoms with E-state index in [1.807, 2.05) is 0 Å². The fourth-order valence-corrected chi connectivity index (χ4v) is 6.97. The van der Waals surface area contributed by atoms with Crippen LogP contribution in [0.2, 0.25) is 5.02 Å². The molecule has 1 aliphatic rings. The molecule has 0 fully saturated rings. The van der Waals surface area contributed by atoms with Crippen molar-refractivity contribution in [1.29, 1.82) is 0 Å². The van der Waals surface area contributed by atoms with E-state index in [4.69, 9.17) is 31.8 Å². The minimum atomic E-state index is -4.49. The Morgan fingerprint density at radius 2 is 1.56 bits per heavy atom. The molecule has 208 valence electrons. The maximum atomic E-state index is 13.6. The predicted molar refractivity (Wildman–Crippen MR) is 144 cm³/mol. The van der Waals surface area contributed by atoms with Crippen LogP contribution in [0.3, 0.4) is 0 Å². The van der Waals surface area contributed by atoms with Gasteiger partial charge >= 0.3 is 0 Å². The van der Waals surface area contributed by atoms with Crippen molar-refractivity contribution in [3.63, 3.8) is 0 Å². The van der Waals surface area contributed by atoms with E-state index >= 15 is 0 Å². The highest BCUT2D eigenvalue weighted by molar-refractivity contribution is 8.14. The smallest absolute Gasteiger partial charge is 0.262 e. The molecule has 0 aliphatic carbocycles. The minimum Gasteiger partial charge on any atom is -0.492 e. The van der Waals surface area contributed by atoms with Gasteiger partial charge in [-0.3, -0.25) is 4.79 Å². The molecule has 0 unspecified atom stereocenters. The second kappa shape index (κ2) is 10.6. The number of rotatable bonds is 8. The summed E-state index contributed by atoms with van der Waals surface area (Å²) < 4.78 is 76.9. The maximum Gasteiger partial charge on any atom is 0.262 e. The number of hydrogen-bond donors (Lipinski definition) is 0. The number of amides is 1. The number of ether oxygens (including phenoxy) is 2. The van der Waals surface area contributed by atoms with Gasteiger partial charge in [-0.2, -0.15) is 0 Å². The Labute approximate surface area is 235 Å². The minimum absolute atomic E-state index is 0.00676. The molecular weight excluding hydrogens is 594 g/mol. The van der Waals surface area contributed by atoms with Gasteiger partial charge in [0.25, 0.3) is 15.0 Å². The molecule has 1 aliphatic heterocycles. The fourth-order valence-electron chi connectivity index (χ4n) is 4.44. The van der Waals surface area contributed by atoms with Crippen LogP contribution in [-0.4, -0.2) is 60.3 Å². The van der Waals surface area contributed by atoms with Crippen molar-refractivity contribution in [1.82, 2.24) is 9.21 Å². The van der Waals surface area contributed by atoms with Crippen molar-refractivity contribution in [3.8, 4) is 22.6 Å². The molecule has 0 saturated heterocycles. The van der Waals surface area contributed by atoms with E-state index in [0.29, 0.717) is 5.56 Å². The standard InChI is InChI=1S/C25H23Cl2FN2O7S2/c1-29(2)39(34,35)16-8-6-15(7-9-16)20-22(36-3)23(37-4)21-17(24(20)38(27,32)33)13-30(25(21)31)12-14-5-10-19(28)18(26)11-14/h5-11H,12-13H2,1-4H3. The number of sulfonamides is 1. The van der Waals surface area contributed by atoms with Crippen LogP contribution >= 0.6 is 22.3 Å². The highest BCUT2D eigenvalue weighted by Gasteiger charge is 2.41. The van der Waals surface area contributed by atoms with Gasteiger partial charge in [0.05, 0.1) is 34.6 Å². The summed E-state index contributed by atoms with van der Waals surface area (Å²) in [5.74, 6) is -1.26. The number of methoxy groups -OCH3 is 2. The van der Waals surface area contributed by atoms with Crippen LogP contribution in [0.4, 0.5) is 4.39 Å². The first-order valence-electron chi connectivity index (χ1n) is 11.2. The number of hydrogen-bond acceptors (Lipinski definition) is 7. The van der Waals surface area contributed by atoms with E-state index in [0.717, 1.165) is 4.31 Å². The molecule has 1 amide bonds. The first-order valence-corrected chi connectivity index (χ1v) is 15.4. The molecule has 14 heteroatoms. The Morgan fingerprint density at radius 1 is 0.974 bits per heavy atom. The number of nitrogens with zero attached hydrogens (tertiary/aromatic N) is 2. The molecule has 0 aromatic heterocycles. The number of carbonyl (C=O) groups is 1. The average molecular weight is 618 g/mol. The summed E-state index contributed by atoms with van der Waals surface area (Å²) in [6.45, 7) is -0.169. The zero-order chi connectivity index (χ0) is 28.9. The van der Waals surface area contributed by atoms with Gasteiger partial charge in [0.2, 0.25) is 10.0 Å². The van der Waals surface area contributed by atoms with Gasteiger partial charge in [-0.25, -0.2) is 25.5 Å². The molecule has 39 heavy (non-hydrogen) atoms. The molecule has 9 nitrogen and oxygen atoms in total. The van der Waals surface area contributed by atoms with Gasteiger partial charge in [0, 0.05) is 49.0 Å². The van der Waals surface area contributed by atoms with E-state index in [9.17, 15) is 26.0 Å². The summed E-state index contributed by atoms with van der Waals surface area (Å²) in [6.07, 6.45) is 0. The summed E-state index contributed by atoms with van der Waals surface area (Å²) in [5, 5.41) is -0.123. The molecule has 4 rings (SSSR count). The first kappa shape index (κ1) is 29.1. The van der Waals surface area contributed by atoms with Crippen LogP contribution in [0.5, 0.6) is 11.5 Å². The SMILES string of the molecule is COc1c(OC)c(-c2ccc(S(=O)(=O)N(C)C)cc2)c(S(=O)(=O)Cl)c2c1C(=O)N(Cc1ccc(F)c(Cl)c1)C2. The second-order valence-electron chi connectivity index (χ2n) is 8.78. The van der Waals surface area contributed by atoms with Crippen LogP contribution < -0.4 is 9.47 Å². The number of benzene rings is 3. The largest absolute Gasteiger partial charge is 0.492 e. The van der Waals surface area contributed by atoms with Crippen molar-refractivity contribution >= 4 is 47.3 Å². The summed E-state index contributed by atoms with van der Waals surface area (Å²) in [4.78, 5) is 14.5. The highest BCUT2D eigenvalue weighted by Crippen LogP contribution is 2.51. The van der Waals surface area contributed by atoms with Crippen molar-refractivity contribution in [2.45, 2.75) is 22.9 Å². The van der Waals surface area contributed by atoms with Crippen LogP contribution in [-0.2, 0) is 32.2 Å². The van der Waals surface area contributed by atoms with Gasteiger partial charge in [-0.05, 0) is 35.4 Å². The van der Waals surface area contributed by atoms with Crippen molar-refractivity contribution in [2.24, 2.45) is 0 Å². The highest BCUT2D eigenvalue weighted by atomic mass is 35.7. The molecule has 0 radical (unpaired) electrons. The van der Waals surface area contributed by atoms with Gasteiger partial charge in [0.15, 0.2) is 11.5 Å². The summed E-state index contributed by atoms with van der Waals surface area (Å²) in [7, 11) is 3.06. The van der Waals surface area contributed by atoms with Crippen LogP contribution in [0.15, 0.2) is 52.3 Å². The van der Waals surface area contributed by atoms with E-state index in [2.05, 4.69) is 0 Å². The molecule has 0 saturated carbocycles. The first-order chi connectivity index (χ1) is 18.2. The van der Waals surface area contributed by atoms with E-state index < -0.39 is 30.8 Å². The number of halogens is 3. The summed E-state index contributed by atoms with van der Waals surface area (Å²) in [5.41, 5.74) is 0.831. The molecule has 0 spiro atoms. The monoisotopic (exact) mass is 616 g/mol. The van der Waals surface area contributed by atoms with E-state index in [1.54, 1.807) is 0 Å². The summed E-state index contributed by atoms with van der Waals surface area (Å²) >= 11 is 5.89. The van der Waals surface area contributed by atoms with Gasteiger partial charge in [-0.1, -0.05) is 29.8 Å². The Bertz CT molecular complexity index is 1690. The normalized spacial score (nSPS) is 13.6. The quantitative estimate of drug-likeness (QED) is 0.343. The predicted octanol–water partition coefficient (Wildman–Crippen LogP) is 4.50. The topological polar surface area (TPSA) is 110 Å². The zero-order valence-corrected chi connectivity index (χ0v) is 24.3. The zero-order valence-electron chi connectivity index (χ0n) is 21.2. The molecule has 3 aromatic rings.